The standard InChI is InChI=1S/C15H15ClN4/c16-13-4-5-14(18)15(9-13)20(8-2-6-17)11-12-3-1-7-19-10-12/h1,3-5,7,9-10H,2,8,11,18H2. The van der Waals surface area contributed by atoms with Crippen molar-refractivity contribution in [2.45, 2.75) is 13.0 Å². The minimum atomic E-state index is 0.423. The molecule has 1 heterocycles. The molecule has 2 aromatic rings. The molecular weight excluding hydrogens is 272 g/mol. The average Bonchev–Trinajstić information content (AvgIpc) is 2.47. The number of rotatable bonds is 5. The molecule has 0 aliphatic rings. The zero-order valence-electron chi connectivity index (χ0n) is 11.0. The smallest absolute Gasteiger partial charge is 0.0640 e. The Hall–Kier alpha value is -2.25. The molecule has 2 N–H and O–H groups in total. The van der Waals surface area contributed by atoms with E-state index in [1.54, 1.807) is 24.5 Å². The number of nitrogens with two attached hydrogens (primary N) is 1. The number of pyridine rings is 1. The average molecular weight is 287 g/mol. The Bertz CT molecular complexity index is 607. The third-order valence-corrected chi connectivity index (χ3v) is 3.16. The molecule has 0 aliphatic carbocycles. The molecule has 0 spiro atoms. The van der Waals surface area contributed by atoms with E-state index in [9.17, 15) is 0 Å². The summed E-state index contributed by atoms with van der Waals surface area (Å²) in [6.45, 7) is 1.23. The van der Waals surface area contributed by atoms with Crippen LogP contribution in [-0.4, -0.2) is 11.5 Å². The van der Waals surface area contributed by atoms with Crippen LogP contribution in [0.4, 0.5) is 11.4 Å². The van der Waals surface area contributed by atoms with Crippen LogP contribution in [0.15, 0.2) is 42.7 Å². The summed E-state index contributed by atoms with van der Waals surface area (Å²) in [6, 6.07) is 11.4. The molecule has 102 valence electrons. The van der Waals surface area contributed by atoms with Gasteiger partial charge in [-0.1, -0.05) is 17.7 Å². The lowest BCUT2D eigenvalue weighted by atomic mass is 10.2. The van der Waals surface area contributed by atoms with Crippen molar-refractivity contribution in [1.29, 1.82) is 5.26 Å². The van der Waals surface area contributed by atoms with E-state index in [0.29, 0.717) is 30.2 Å². The topological polar surface area (TPSA) is 65.9 Å². The second-order valence-electron chi connectivity index (χ2n) is 4.39. The highest BCUT2D eigenvalue weighted by atomic mass is 35.5. The van der Waals surface area contributed by atoms with Gasteiger partial charge in [0.1, 0.15) is 0 Å². The summed E-state index contributed by atoms with van der Waals surface area (Å²) < 4.78 is 0. The molecule has 0 bridgehead atoms. The Morgan fingerprint density at radius 2 is 2.20 bits per heavy atom. The number of hydrogen-bond acceptors (Lipinski definition) is 4. The predicted octanol–water partition coefficient (Wildman–Crippen LogP) is 3.24. The zero-order chi connectivity index (χ0) is 14.4. The first-order valence-corrected chi connectivity index (χ1v) is 6.64. The number of aromatic nitrogens is 1. The molecule has 0 unspecified atom stereocenters. The summed E-state index contributed by atoms with van der Waals surface area (Å²) >= 11 is 6.04. The maximum atomic E-state index is 8.81. The largest absolute Gasteiger partial charge is 0.397 e. The van der Waals surface area contributed by atoms with Crippen LogP contribution in [0.3, 0.4) is 0 Å². The number of anilines is 2. The van der Waals surface area contributed by atoms with Gasteiger partial charge in [0.2, 0.25) is 0 Å². The van der Waals surface area contributed by atoms with Crippen LogP contribution in [-0.2, 0) is 6.54 Å². The van der Waals surface area contributed by atoms with Crippen LogP contribution in [0.2, 0.25) is 5.02 Å². The van der Waals surface area contributed by atoms with Crippen LogP contribution < -0.4 is 10.6 Å². The molecule has 0 aliphatic heterocycles. The third-order valence-electron chi connectivity index (χ3n) is 2.92. The van der Waals surface area contributed by atoms with Crippen molar-refractivity contribution >= 4 is 23.0 Å². The van der Waals surface area contributed by atoms with Crippen LogP contribution in [0.25, 0.3) is 0 Å². The maximum absolute atomic E-state index is 8.81. The highest BCUT2D eigenvalue weighted by molar-refractivity contribution is 6.31. The molecule has 0 radical (unpaired) electrons. The van der Waals surface area contributed by atoms with Crippen molar-refractivity contribution in [3.8, 4) is 6.07 Å². The van der Waals surface area contributed by atoms with E-state index >= 15 is 0 Å². The van der Waals surface area contributed by atoms with E-state index in [1.165, 1.54) is 0 Å². The van der Waals surface area contributed by atoms with Gasteiger partial charge < -0.3 is 10.6 Å². The highest BCUT2D eigenvalue weighted by Gasteiger charge is 2.11. The molecule has 1 aromatic heterocycles. The fraction of sp³-hybridized carbons (Fsp3) is 0.200. The minimum Gasteiger partial charge on any atom is -0.397 e. The number of halogens is 1. The molecule has 0 amide bonds. The maximum Gasteiger partial charge on any atom is 0.0640 e. The fourth-order valence-electron chi connectivity index (χ4n) is 1.97. The zero-order valence-corrected chi connectivity index (χ0v) is 11.7. The Morgan fingerprint density at radius 3 is 2.90 bits per heavy atom. The van der Waals surface area contributed by atoms with Crippen LogP contribution in [0.1, 0.15) is 12.0 Å². The number of hydrogen-bond donors (Lipinski definition) is 1. The van der Waals surface area contributed by atoms with Gasteiger partial charge in [-0.15, -0.1) is 0 Å². The third kappa shape index (κ3) is 3.62. The van der Waals surface area contributed by atoms with E-state index in [-0.39, 0.29) is 0 Å². The molecule has 0 fully saturated rings. The molecule has 5 heteroatoms. The van der Waals surface area contributed by atoms with Gasteiger partial charge in [-0.25, -0.2) is 0 Å². The summed E-state index contributed by atoms with van der Waals surface area (Å²) in [6.07, 6.45) is 3.96. The number of benzene rings is 1. The quantitative estimate of drug-likeness (QED) is 0.857. The lowest BCUT2D eigenvalue weighted by Crippen LogP contribution is -2.24. The van der Waals surface area contributed by atoms with Gasteiger partial charge in [0.25, 0.3) is 0 Å². The number of nitrogens with zero attached hydrogens (tertiary/aromatic N) is 3. The summed E-state index contributed by atoms with van der Waals surface area (Å²) in [5, 5.41) is 9.43. The summed E-state index contributed by atoms with van der Waals surface area (Å²) in [4.78, 5) is 6.15. The SMILES string of the molecule is N#CCCN(Cc1cccnc1)c1cc(Cl)ccc1N. The summed E-state index contributed by atoms with van der Waals surface area (Å²) in [5.74, 6) is 0. The monoisotopic (exact) mass is 286 g/mol. The molecule has 1 aromatic carbocycles. The summed E-state index contributed by atoms with van der Waals surface area (Å²) in [5.41, 5.74) is 8.57. The van der Waals surface area contributed by atoms with E-state index in [1.807, 2.05) is 23.1 Å². The van der Waals surface area contributed by atoms with E-state index < -0.39 is 0 Å². The van der Waals surface area contributed by atoms with Gasteiger partial charge in [-0.2, -0.15) is 5.26 Å². The molecule has 4 nitrogen and oxygen atoms in total. The van der Waals surface area contributed by atoms with Crippen molar-refractivity contribution in [2.75, 3.05) is 17.2 Å². The van der Waals surface area contributed by atoms with Crippen molar-refractivity contribution in [3.63, 3.8) is 0 Å². The van der Waals surface area contributed by atoms with E-state index in [0.717, 1.165) is 11.3 Å². The lowest BCUT2D eigenvalue weighted by Gasteiger charge is -2.25. The van der Waals surface area contributed by atoms with Crippen molar-refractivity contribution < 1.29 is 0 Å². The first-order chi connectivity index (χ1) is 9.70. The Labute approximate surface area is 123 Å². The number of nitrogen functional groups attached to an aromatic ring is 1. The molecule has 0 saturated carbocycles. The molecule has 0 saturated heterocycles. The van der Waals surface area contributed by atoms with Gasteiger partial charge >= 0.3 is 0 Å². The van der Waals surface area contributed by atoms with Gasteiger partial charge in [-0.05, 0) is 29.8 Å². The molecule has 20 heavy (non-hydrogen) atoms. The highest BCUT2D eigenvalue weighted by Crippen LogP contribution is 2.28. The second kappa shape index (κ2) is 6.78. The first kappa shape index (κ1) is 14.2. The lowest BCUT2D eigenvalue weighted by molar-refractivity contribution is 0.796. The molecular formula is C15H15ClN4. The molecule has 0 atom stereocenters. The summed E-state index contributed by atoms with van der Waals surface area (Å²) in [7, 11) is 0. The Kier molecular flexibility index (Phi) is 4.80. The van der Waals surface area contributed by atoms with Crippen molar-refractivity contribution in [3.05, 3.63) is 53.3 Å². The second-order valence-corrected chi connectivity index (χ2v) is 4.83. The predicted molar refractivity (Wildman–Crippen MR) is 81.4 cm³/mol. The van der Waals surface area contributed by atoms with Crippen LogP contribution in [0.5, 0.6) is 0 Å². The molecule has 2 rings (SSSR count). The normalized spacial score (nSPS) is 10.0. The fourth-order valence-corrected chi connectivity index (χ4v) is 2.14. The van der Waals surface area contributed by atoms with E-state index in [2.05, 4.69) is 11.1 Å². The van der Waals surface area contributed by atoms with Crippen molar-refractivity contribution in [2.24, 2.45) is 0 Å². The van der Waals surface area contributed by atoms with Crippen molar-refractivity contribution in [1.82, 2.24) is 4.98 Å². The first-order valence-electron chi connectivity index (χ1n) is 6.26. The van der Waals surface area contributed by atoms with Gasteiger partial charge in [0, 0.05) is 30.5 Å². The number of nitriles is 1. The van der Waals surface area contributed by atoms with Crippen LogP contribution >= 0.6 is 11.6 Å². The van der Waals surface area contributed by atoms with E-state index in [4.69, 9.17) is 22.6 Å². The Balaban J connectivity index is 2.27. The van der Waals surface area contributed by atoms with Gasteiger partial charge in [-0.3, -0.25) is 4.98 Å². The van der Waals surface area contributed by atoms with Gasteiger partial charge in [0.15, 0.2) is 0 Å². The van der Waals surface area contributed by atoms with Crippen LogP contribution in [0, 0.1) is 11.3 Å². The Morgan fingerprint density at radius 1 is 1.35 bits per heavy atom. The minimum absolute atomic E-state index is 0.423. The van der Waals surface area contributed by atoms with Gasteiger partial charge in [0.05, 0.1) is 23.9 Å².